The van der Waals surface area contributed by atoms with Crippen molar-refractivity contribution in [2.75, 3.05) is 33.1 Å². The number of rotatable bonds is 6. The first-order chi connectivity index (χ1) is 8.51. The van der Waals surface area contributed by atoms with Crippen LogP contribution in [0.5, 0.6) is 0 Å². The van der Waals surface area contributed by atoms with Gasteiger partial charge < -0.3 is 9.47 Å². The van der Waals surface area contributed by atoms with Crippen LogP contribution in [0.1, 0.15) is 20.8 Å². The van der Waals surface area contributed by atoms with Gasteiger partial charge in [-0.1, -0.05) is 20.8 Å². The number of carbonyl (C=O) groups is 2. The van der Waals surface area contributed by atoms with E-state index in [-0.39, 0.29) is 5.75 Å². The molecule has 0 radical (unpaired) electrons. The van der Waals surface area contributed by atoms with Gasteiger partial charge in [0.2, 0.25) is 10.0 Å². The molecule has 0 rings (SSSR count). The van der Waals surface area contributed by atoms with Gasteiger partial charge in [-0.15, -0.1) is 0 Å². The largest absolute Gasteiger partial charge is 0.468 e. The molecule has 0 bridgehead atoms. The molecule has 0 saturated carbocycles. The Morgan fingerprint density at radius 3 is 1.63 bits per heavy atom. The highest BCUT2D eigenvalue weighted by Gasteiger charge is 2.31. The molecule has 0 amide bonds. The Bertz CT molecular complexity index is 405. The van der Waals surface area contributed by atoms with E-state index < -0.39 is 40.5 Å². The van der Waals surface area contributed by atoms with Crippen molar-refractivity contribution >= 4 is 22.0 Å². The molecule has 8 heteroatoms. The van der Waals surface area contributed by atoms with Crippen LogP contribution in [0, 0.1) is 5.41 Å². The first-order valence-electron chi connectivity index (χ1n) is 5.63. The number of ether oxygens (including phenoxy) is 2. The molecule has 0 aromatic rings. The van der Waals surface area contributed by atoms with Crippen molar-refractivity contribution in [3.05, 3.63) is 0 Å². The quantitative estimate of drug-likeness (QED) is 0.641. The number of sulfonamides is 1. The van der Waals surface area contributed by atoms with Gasteiger partial charge >= 0.3 is 11.9 Å². The molecule has 0 aromatic heterocycles. The second-order valence-corrected chi connectivity index (χ2v) is 7.21. The summed E-state index contributed by atoms with van der Waals surface area (Å²) in [5, 5.41) is 0. The van der Waals surface area contributed by atoms with Gasteiger partial charge in [0.25, 0.3) is 0 Å². The number of hydrogen-bond acceptors (Lipinski definition) is 6. The van der Waals surface area contributed by atoms with Gasteiger partial charge in [-0.3, -0.25) is 9.59 Å². The summed E-state index contributed by atoms with van der Waals surface area (Å²) in [5.74, 6) is -1.66. The second-order valence-electron chi connectivity index (χ2n) is 5.24. The first-order valence-corrected chi connectivity index (χ1v) is 7.24. The van der Waals surface area contributed by atoms with Crippen molar-refractivity contribution in [3.8, 4) is 0 Å². The molecule has 0 spiro atoms. The Morgan fingerprint density at radius 1 is 1.00 bits per heavy atom. The molecule has 0 unspecified atom stereocenters. The van der Waals surface area contributed by atoms with Crippen LogP contribution < -0.4 is 0 Å². The van der Waals surface area contributed by atoms with Crippen LogP contribution in [0.4, 0.5) is 0 Å². The van der Waals surface area contributed by atoms with Crippen LogP contribution in [-0.4, -0.2) is 57.7 Å². The number of esters is 2. The van der Waals surface area contributed by atoms with Crippen molar-refractivity contribution in [2.24, 2.45) is 5.41 Å². The van der Waals surface area contributed by atoms with Crippen molar-refractivity contribution in [1.82, 2.24) is 4.31 Å². The van der Waals surface area contributed by atoms with E-state index in [2.05, 4.69) is 9.47 Å². The molecule has 7 nitrogen and oxygen atoms in total. The molecule has 0 heterocycles. The van der Waals surface area contributed by atoms with Crippen LogP contribution in [0.3, 0.4) is 0 Å². The average molecular weight is 295 g/mol. The van der Waals surface area contributed by atoms with Gasteiger partial charge in [0, 0.05) is 0 Å². The lowest BCUT2D eigenvalue weighted by molar-refractivity contribution is -0.143. The lowest BCUT2D eigenvalue weighted by atomic mass is 10.0. The van der Waals surface area contributed by atoms with Crippen molar-refractivity contribution < 1.29 is 27.5 Å². The van der Waals surface area contributed by atoms with Crippen LogP contribution in [0.2, 0.25) is 0 Å². The van der Waals surface area contributed by atoms with Gasteiger partial charge in [-0.25, -0.2) is 8.42 Å². The van der Waals surface area contributed by atoms with E-state index >= 15 is 0 Å². The van der Waals surface area contributed by atoms with Gasteiger partial charge in [0.05, 0.1) is 20.0 Å². The molecule has 0 aliphatic rings. The third-order valence-corrected chi connectivity index (χ3v) is 4.35. The third-order valence-electron chi connectivity index (χ3n) is 2.08. The highest BCUT2D eigenvalue weighted by molar-refractivity contribution is 7.89. The minimum absolute atomic E-state index is 0.187. The Morgan fingerprint density at radius 2 is 1.37 bits per heavy atom. The standard InChI is InChI=1S/C11H21NO6S/c1-11(2,3)8-19(15,16)12(6-9(13)17-4)7-10(14)18-5/h6-8H2,1-5H3. The molecular weight excluding hydrogens is 274 g/mol. The van der Waals surface area contributed by atoms with E-state index in [1.54, 1.807) is 20.8 Å². The maximum atomic E-state index is 12.2. The molecule has 0 aliphatic heterocycles. The highest BCUT2D eigenvalue weighted by atomic mass is 32.2. The summed E-state index contributed by atoms with van der Waals surface area (Å²) >= 11 is 0. The molecule has 19 heavy (non-hydrogen) atoms. The van der Waals surface area contributed by atoms with Gasteiger partial charge in [-0.2, -0.15) is 4.31 Å². The lowest BCUT2D eigenvalue weighted by Gasteiger charge is -2.25. The van der Waals surface area contributed by atoms with E-state index in [9.17, 15) is 18.0 Å². The second kappa shape index (κ2) is 6.85. The number of hydrogen-bond donors (Lipinski definition) is 0. The van der Waals surface area contributed by atoms with Crippen molar-refractivity contribution in [3.63, 3.8) is 0 Å². The Balaban J connectivity index is 5.10. The zero-order chi connectivity index (χ0) is 15.3. The van der Waals surface area contributed by atoms with Crippen LogP contribution in [-0.2, 0) is 29.1 Å². The maximum absolute atomic E-state index is 12.2. The van der Waals surface area contributed by atoms with Gasteiger partial charge in [0.15, 0.2) is 0 Å². The number of nitrogens with zero attached hydrogens (tertiary/aromatic N) is 1. The zero-order valence-electron chi connectivity index (χ0n) is 11.9. The molecule has 112 valence electrons. The van der Waals surface area contributed by atoms with E-state index in [1.165, 1.54) is 0 Å². The van der Waals surface area contributed by atoms with Crippen LogP contribution in [0.15, 0.2) is 0 Å². The minimum Gasteiger partial charge on any atom is -0.468 e. The summed E-state index contributed by atoms with van der Waals surface area (Å²) in [6, 6.07) is 0. The summed E-state index contributed by atoms with van der Waals surface area (Å²) < 4.78 is 33.9. The normalized spacial score (nSPS) is 12.3. The SMILES string of the molecule is COC(=O)CN(CC(=O)OC)S(=O)(=O)CC(C)(C)C. The highest BCUT2D eigenvalue weighted by Crippen LogP contribution is 2.18. The van der Waals surface area contributed by atoms with E-state index in [4.69, 9.17) is 0 Å². The Kier molecular flexibility index (Phi) is 6.44. The van der Waals surface area contributed by atoms with E-state index in [1.807, 2.05) is 0 Å². The maximum Gasteiger partial charge on any atom is 0.321 e. The third kappa shape index (κ3) is 7.12. The fourth-order valence-electron chi connectivity index (χ4n) is 1.31. The summed E-state index contributed by atoms with van der Waals surface area (Å²) in [5.41, 5.74) is -0.497. The summed E-state index contributed by atoms with van der Waals surface area (Å²) in [6.07, 6.45) is 0. The minimum atomic E-state index is -3.76. The van der Waals surface area contributed by atoms with Gasteiger partial charge in [-0.05, 0) is 5.41 Å². The van der Waals surface area contributed by atoms with E-state index in [0.29, 0.717) is 0 Å². The van der Waals surface area contributed by atoms with Crippen molar-refractivity contribution in [1.29, 1.82) is 0 Å². The summed E-state index contributed by atoms with van der Waals surface area (Å²) in [6.45, 7) is 4.23. The average Bonchev–Trinajstić information content (AvgIpc) is 2.24. The van der Waals surface area contributed by atoms with Crippen molar-refractivity contribution in [2.45, 2.75) is 20.8 Å². The molecule has 0 N–H and O–H groups in total. The summed E-state index contributed by atoms with van der Waals surface area (Å²) in [7, 11) is -1.46. The monoisotopic (exact) mass is 295 g/mol. The molecule has 0 aliphatic carbocycles. The Labute approximate surface area is 113 Å². The molecule has 0 aromatic carbocycles. The molecular formula is C11H21NO6S. The first kappa shape index (κ1) is 17.8. The zero-order valence-corrected chi connectivity index (χ0v) is 12.7. The molecule has 0 fully saturated rings. The fourth-order valence-corrected chi connectivity index (χ4v) is 3.19. The molecule has 0 saturated heterocycles. The predicted octanol–water partition coefficient (Wildman–Crippen LogP) is 0.0103. The number of carbonyl (C=O) groups excluding carboxylic acids is 2. The Hall–Kier alpha value is -1.15. The van der Waals surface area contributed by atoms with E-state index in [0.717, 1.165) is 18.5 Å². The predicted molar refractivity (Wildman–Crippen MR) is 68.8 cm³/mol. The fraction of sp³-hybridized carbons (Fsp3) is 0.818. The lowest BCUT2D eigenvalue weighted by Crippen LogP contribution is -2.43. The van der Waals surface area contributed by atoms with Crippen LogP contribution in [0.25, 0.3) is 0 Å². The molecule has 0 atom stereocenters. The topological polar surface area (TPSA) is 90.0 Å². The number of methoxy groups -OCH3 is 2. The van der Waals surface area contributed by atoms with Gasteiger partial charge in [0.1, 0.15) is 13.1 Å². The summed E-state index contributed by atoms with van der Waals surface area (Å²) in [4.78, 5) is 22.4. The smallest absolute Gasteiger partial charge is 0.321 e. The van der Waals surface area contributed by atoms with Crippen LogP contribution >= 0.6 is 0 Å².